The summed E-state index contributed by atoms with van der Waals surface area (Å²) < 4.78 is 0. The van der Waals surface area contributed by atoms with Gasteiger partial charge >= 0.3 is 0 Å². The minimum atomic E-state index is -0.318. The number of piperazine rings is 1. The fourth-order valence-corrected chi connectivity index (χ4v) is 3.91. The normalized spacial score (nSPS) is 32.7. The van der Waals surface area contributed by atoms with Crippen molar-refractivity contribution < 1.29 is 9.59 Å². The highest BCUT2D eigenvalue weighted by molar-refractivity contribution is 5.97. The van der Waals surface area contributed by atoms with Gasteiger partial charge in [0.05, 0.1) is 0 Å². The Morgan fingerprint density at radius 2 is 2.00 bits per heavy atom. The molecule has 0 aromatic carbocycles. The summed E-state index contributed by atoms with van der Waals surface area (Å²) in [7, 11) is 0. The molecule has 3 atom stereocenters. The molecule has 1 N–H and O–H groups in total. The van der Waals surface area contributed by atoms with Crippen molar-refractivity contribution in [3.8, 4) is 0 Å². The maximum absolute atomic E-state index is 12.9. The molecule has 1 aliphatic heterocycles. The van der Waals surface area contributed by atoms with Crippen LogP contribution in [0.2, 0.25) is 0 Å². The van der Waals surface area contributed by atoms with Crippen LogP contribution in [0.5, 0.6) is 0 Å². The Morgan fingerprint density at radius 3 is 2.48 bits per heavy atom. The van der Waals surface area contributed by atoms with Crippen LogP contribution in [0.4, 0.5) is 0 Å². The second kappa shape index (κ2) is 5.98. The Kier molecular flexibility index (Phi) is 4.64. The molecule has 1 heterocycles. The average Bonchev–Trinajstić information content (AvgIpc) is 2.73. The highest BCUT2D eigenvalue weighted by Crippen LogP contribution is 2.41. The van der Waals surface area contributed by atoms with E-state index in [1.165, 1.54) is 0 Å². The number of rotatable bonds is 4. The lowest BCUT2D eigenvalue weighted by molar-refractivity contribution is -0.154. The molecule has 2 fully saturated rings. The van der Waals surface area contributed by atoms with E-state index in [1.54, 1.807) is 0 Å². The van der Waals surface area contributed by atoms with E-state index in [0.29, 0.717) is 0 Å². The van der Waals surface area contributed by atoms with Crippen LogP contribution in [0.3, 0.4) is 0 Å². The number of hydrogen-bond acceptors (Lipinski definition) is 2. The monoisotopic (exact) mass is 294 g/mol. The van der Waals surface area contributed by atoms with Crippen LogP contribution >= 0.6 is 0 Å². The molecule has 4 heteroatoms. The van der Waals surface area contributed by atoms with E-state index >= 15 is 0 Å². The van der Waals surface area contributed by atoms with Crippen molar-refractivity contribution in [3.63, 3.8) is 0 Å². The van der Waals surface area contributed by atoms with Crippen molar-refractivity contribution in [1.82, 2.24) is 10.2 Å². The fraction of sp³-hybridized carbons (Fsp3) is 0.882. The van der Waals surface area contributed by atoms with Crippen molar-refractivity contribution in [2.24, 2.45) is 11.3 Å². The van der Waals surface area contributed by atoms with Gasteiger partial charge in [-0.2, -0.15) is 0 Å². The molecule has 2 aliphatic rings. The summed E-state index contributed by atoms with van der Waals surface area (Å²) in [5.74, 6) is 0.325. The third-order valence-corrected chi connectivity index (χ3v) is 4.98. The first-order valence-electron chi connectivity index (χ1n) is 8.39. The van der Waals surface area contributed by atoms with Gasteiger partial charge < -0.3 is 10.2 Å². The fourth-order valence-electron chi connectivity index (χ4n) is 3.91. The summed E-state index contributed by atoms with van der Waals surface area (Å²) in [6, 6.07) is -0.393. The highest BCUT2D eigenvalue weighted by atomic mass is 16.2. The van der Waals surface area contributed by atoms with Crippen molar-refractivity contribution in [1.29, 1.82) is 0 Å². The van der Waals surface area contributed by atoms with Gasteiger partial charge in [-0.05, 0) is 37.0 Å². The topological polar surface area (TPSA) is 49.4 Å². The predicted molar refractivity (Wildman–Crippen MR) is 83.7 cm³/mol. The quantitative estimate of drug-likeness (QED) is 0.866. The molecule has 21 heavy (non-hydrogen) atoms. The summed E-state index contributed by atoms with van der Waals surface area (Å²) >= 11 is 0. The molecule has 4 nitrogen and oxygen atoms in total. The molecule has 3 unspecified atom stereocenters. The van der Waals surface area contributed by atoms with Gasteiger partial charge in [0.2, 0.25) is 11.8 Å². The largest absolute Gasteiger partial charge is 0.342 e. The molecule has 0 radical (unpaired) electrons. The number of carbonyl (C=O) groups is 2. The Balaban J connectivity index is 2.26. The highest BCUT2D eigenvalue weighted by Gasteiger charge is 2.47. The third-order valence-electron chi connectivity index (χ3n) is 4.98. The van der Waals surface area contributed by atoms with Crippen LogP contribution < -0.4 is 5.32 Å². The average molecular weight is 294 g/mol. The van der Waals surface area contributed by atoms with E-state index in [4.69, 9.17) is 0 Å². The molecule has 1 saturated carbocycles. The van der Waals surface area contributed by atoms with Crippen LogP contribution in [-0.2, 0) is 9.59 Å². The van der Waals surface area contributed by atoms with Gasteiger partial charge in [-0.1, -0.05) is 41.0 Å². The first kappa shape index (κ1) is 16.3. The minimum Gasteiger partial charge on any atom is -0.342 e. The van der Waals surface area contributed by atoms with Gasteiger partial charge in [0, 0.05) is 6.04 Å². The zero-order valence-electron chi connectivity index (χ0n) is 14.1. The number of hydrogen-bond donors (Lipinski definition) is 1. The first-order chi connectivity index (χ1) is 9.76. The molecule has 0 bridgehead atoms. The van der Waals surface area contributed by atoms with Crippen LogP contribution in [0.1, 0.15) is 66.7 Å². The van der Waals surface area contributed by atoms with Crippen molar-refractivity contribution >= 4 is 11.8 Å². The van der Waals surface area contributed by atoms with Crippen LogP contribution in [0, 0.1) is 11.3 Å². The Morgan fingerprint density at radius 1 is 1.33 bits per heavy atom. The SMILES string of the molecule is CCCC1NC(=O)C(C(C)C)N(C2CCC(C)(C)C2)C1=O. The van der Waals surface area contributed by atoms with Crippen LogP contribution in [0.25, 0.3) is 0 Å². The molecule has 1 saturated heterocycles. The predicted octanol–water partition coefficient (Wildman–Crippen LogP) is 2.72. The summed E-state index contributed by atoms with van der Waals surface area (Å²) in [5.41, 5.74) is 0.278. The molecule has 1 aliphatic carbocycles. The van der Waals surface area contributed by atoms with Gasteiger partial charge in [-0.3, -0.25) is 9.59 Å². The van der Waals surface area contributed by atoms with E-state index in [-0.39, 0.29) is 41.3 Å². The Hall–Kier alpha value is -1.06. The van der Waals surface area contributed by atoms with E-state index in [0.717, 1.165) is 32.1 Å². The standard InChI is InChI=1S/C17H30N2O2/c1-6-7-13-16(21)19(12-8-9-17(4,5)10-12)14(11(2)3)15(20)18-13/h11-14H,6-10H2,1-5H3,(H,18,20). The van der Waals surface area contributed by atoms with E-state index in [2.05, 4.69) is 26.1 Å². The Bertz CT molecular complexity index is 417. The van der Waals surface area contributed by atoms with E-state index < -0.39 is 0 Å². The van der Waals surface area contributed by atoms with E-state index in [9.17, 15) is 9.59 Å². The summed E-state index contributed by atoms with van der Waals surface area (Å²) in [6.45, 7) is 10.6. The molecule has 0 aromatic rings. The van der Waals surface area contributed by atoms with Gasteiger partial charge in [-0.25, -0.2) is 0 Å². The van der Waals surface area contributed by atoms with Crippen LogP contribution in [-0.4, -0.2) is 34.8 Å². The minimum absolute atomic E-state index is 0.0350. The zero-order chi connectivity index (χ0) is 15.8. The lowest BCUT2D eigenvalue weighted by atomic mass is 9.89. The molecule has 2 amide bonds. The second-order valence-corrected chi connectivity index (χ2v) is 7.85. The number of nitrogens with one attached hydrogen (secondary N) is 1. The van der Waals surface area contributed by atoms with Gasteiger partial charge in [0.25, 0.3) is 0 Å². The molecular weight excluding hydrogens is 264 g/mol. The van der Waals surface area contributed by atoms with E-state index in [1.807, 2.05) is 18.7 Å². The lowest BCUT2D eigenvalue weighted by Gasteiger charge is -2.44. The maximum atomic E-state index is 12.9. The smallest absolute Gasteiger partial charge is 0.246 e. The Labute approximate surface area is 128 Å². The summed E-state index contributed by atoms with van der Waals surface area (Å²) in [6.07, 6.45) is 4.81. The second-order valence-electron chi connectivity index (χ2n) is 7.85. The van der Waals surface area contributed by atoms with Gasteiger partial charge in [0.1, 0.15) is 12.1 Å². The molecule has 2 rings (SSSR count). The third kappa shape index (κ3) is 3.24. The van der Waals surface area contributed by atoms with Crippen LogP contribution in [0.15, 0.2) is 0 Å². The van der Waals surface area contributed by atoms with Gasteiger partial charge in [-0.15, -0.1) is 0 Å². The molecular formula is C17H30N2O2. The summed E-state index contributed by atoms with van der Waals surface area (Å²) in [4.78, 5) is 27.3. The number of nitrogens with zero attached hydrogens (tertiary/aromatic N) is 1. The molecule has 120 valence electrons. The number of carbonyl (C=O) groups excluding carboxylic acids is 2. The summed E-state index contributed by atoms with van der Waals surface area (Å²) in [5, 5.41) is 2.94. The zero-order valence-corrected chi connectivity index (χ0v) is 14.1. The van der Waals surface area contributed by atoms with Crippen molar-refractivity contribution in [3.05, 3.63) is 0 Å². The first-order valence-corrected chi connectivity index (χ1v) is 8.39. The lowest BCUT2D eigenvalue weighted by Crippen LogP contribution is -2.66. The van der Waals surface area contributed by atoms with Crippen molar-refractivity contribution in [2.75, 3.05) is 0 Å². The molecule has 0 aromatic heterocycles. The molecule has 0 spiro atoms. The maximum Gasteiger partial charge on any atom is 0.246 e. The van der Waals surface area contributed by atoms with Crippen molar-refractivity contribution in [2.45, 2.75) is 84.8 Å². The number of amides is 2. The van der Waals surface area contributed by atoms with Gasteiger partial charge in [0.15, 0.2) is 0 Å².